The second-order valence-corrected chi connectivity index (χ2v) is 10.0. The largest absolute Gasteiger partial charge is 0.445 e. The number of hydrogen-bond acceptors (Lipinski definition) is 15. The molecule has 0 aliphatic carbocycles. The van der Waals surface area contributed by atoms with Gasteiger partial charge in [0.15, 0.2) is 17.8 Å². The van der Waals surface area contributed by atoms with Crippen molar-refractivity contribution in [2.45, 2.75) is 88.7 Å². The summed E-state index contributed by atoms with van der Waals surface area (Å²) in [6.07, 6.45) is 0.226. The van der Waals surface area contributed by atoms with Gasteiger partial charge in [-0.2, -0.15) is 0 Å². The number of unbranched alkanes of at least 4 members (excludes halogenated alkanes) is 3. The number of ether oxygens (including phenoxy) is 3. The number of carbonyl (C=O) groups is 1. The number of rotatable bonds is 14. The molecule has 1 amide bonds. The highest BCUT2D eigenvalue weighted by atomic mass is 16.7. The van der Waals surface area contributed by atoms with Crippen molar-refractivity contribution in [1.82, 2.24) is 39.8 Å². The molecule has 4 rings (SSSR count). The summed E-state index contributed by atoms with van der Waals surface area (Å²) in [5.74, 6) is -2.50. The van der Waals surface area contributed by atoms with Crippen LogP contribution in [0.3, 0.4) is 0 Å². The highest BCUT2D eigenvalue weighted by Crippen LogP contribution is 2.28. The van der Waals surface area contributed by atoms with Crippen LogP contribution in [0.15, 0.2) is 18.9 Å². The molecule has 3 aromatic heterocycles. The Morgan fingerprint density at radius 3 is 2.79 bits per heavy atom. The van der Waals surface area contributed by atoms with E-state index in [4.69, 9.17) is 19.9 Å². The monoisotopic (exact) mass is 595 g/mol. The van der Waals surface area contributed by atoms with Crippen LogP contribution in [-0.4, -0.2) is 116 Å². The average Bonchev–Trinajstić information content (AvgIpc) is 3.59. The Labute approximate surface area is 240 Å². The Kier molecular flexibility index (Phi) is 10.5. The summed E-state index contributed by atoms with van der Waals surface area (Å²) in [5, 5.41) is 59.4. The van der Waals surface area contributed by atoms with Crippen molar-refractivity contribution in [2.24, 2.45) is 0 Å². The van der Waals surface area contributed by atoms with E-state index in [1.165, 1.54) is 6.33 Å². The molecular weight excluding hydrogens is 558 g/mol. The maximum absolute atomic E-state index is 12.2. The van der Waals surface area contributed by atoms with Gasteiger partial charge in [-0.25, -0.2) is 19.7 Å². The second kappa shape index (κ2) is 14.1. The van der Waals surface area contributed by atoms with Crippen LogP contribution in [0.2, 0.25) is 0 Å². The van der Waals surface area contributed by atoms with Gasteiger partial charge in [-0.1, -0.05) is 18.1 Å². The number of imidazole rings is 1. The average molecular weight is 596 g/mol. The van der Waals surface area contributed by atoms with Crippen molar-refractivity contribution < 1.29 is 44.5 Å². The molecule has 0 aromatic carbocycles. The van der Waals surface area contributed by atoms with Crippen LogP contribution >= 0.6 is 0 Å². The maximum Gasteiger partial charge on any atom is 0.407 e. The normalized spacial score (nSPS) is 22.7. The number of hydrogen-bond donors (Lipinski definition) is 7. The fourth-order valence-corrected chi connectivity index (χ4v) is 4.44. The summed E-state index contributed by atoms with van der Waals surface area (Å²) in [6, 6.07) is 0. The first-order chi connectivity index (χ1) is 20.1. The zero-order chi connectivity index (χ0) is 30.3. The third kappa shape index (κ3) is 7.65. The molecule has 0 radical (unpaired) electrons. The summed E-state index contributed by atoms with van der Waals surface area (Å²) < 4.78 is 19.4. The lowest BCUT2D eigenvalue weighted by molar-refractivity contribution is -0.386. The van der Waals surface area contributed by atoms with Crippen LogP contribution in [0, 0.1) is 0 Å². The van der Waals surface area contributed by atoms with E-state index in [0.717, 1.165) is 19.3 Å². The van der Waals surface area contributed by atoms with Gasteiger partial charge in [0.25, 0.3) is 0 Å². The number of alkyl carbamates (subject to hydrolysis) is 1. The van der Waals surface area contributed by atoms with Crippen LogP contribution < -0.4 is 11.1 Å². The third-order valence-corrected chi connectivity index (χ3v) is 6.73. The summed E-state index contributed by atoms with van der Waals surface area (Å²) in [6.45, 7) is 2.28. The molecule has 0 spiro atoms. The number of nitrogens with one attached hydrogen (secondary N) is 1. The molecule has 4 heterocycles. The first-order valence-corrected chi connectivity index (χ1v) is 13.5. The van der Waals surface area contributed by atoms with E-state index in [0.29, 0.717) is 36.4 Å². The Morgan fingerprint density at radius 1 is 1.21 bits per heavy atom. The van der Waals surface area contributed by atoms with Crippen LogP contribution in [0.25, 0.3) is 11.2 Å². The molecule has 1 saturated heterocycles. The first kappa shape index (κ1) is 31.4. The van der Waals surface area contributed by atoms with Gasteiger partial charge in [0, 0.05) is 13.2 Å². The molecule has 2 unspecified atom stereocenters. The molecule has 5 atom stereocenters. The second-order valence-electron chi connectivity index (χ2n) is 10.0. The first-order valence-electron chi connectivity index (χ1n) is 13.5. The number of nitrogens with zero attached hydrogens (tertiary/aromatic N) is 7. The highest BCUT2D eigenvalue weighted by Gasteiger charge is 2.54. The molecule has 3 aromatic rings. The number of aromatic nitrogens is 7. The number of aryl methyl sites for hydroxylation is 1. The van der Waals surface area contributed by atoms with E-state index in [1.54, 1.807) is 28.7 Å². The number of aliphatic hydroxyl groups is 5. The van der Waals surface area contributed by atoms with Crippen LogP contribution in [0.4, 0.5) is 10.6 Å². The number of nitrogen functional groups attached to an aromatic ring is 1. The topological polar surface area (TPSA) is 258 Å². The van der Waals surface area contributed by atoms with Gasteiger partial charge >= 0.3 is 6.09 Å². The highest BCUT2D eigenvalue weighted by molar-refractivity contribution is 5.81. The zero-order valence-electron chi connectivity index (χ0n) is 23.1. The van der Waals surface area contributed by atoms with Crippen molar-refractivity contribution >= 4 is 23.1 Å². The molecule has 8 N–H and O–H groups in total. The van der Waals surface area contributed by atoms with Crippen molar-refractivity contribution in [2.75, 3.05) is 18.9 Å². The SMILES string of the molecule is C[C@H](Cn1cnc2c(N)ncnc21)OC(=O)NCc1cn(CCCCCCO[C@@H]2OC(CO)C(O)(O)[C@H](O)C2O)nn1. The Bertz CT molecular complexity index is 1300. The van der Waals surface area contributed by atoms with E-state index < -0.39 is 49.2 Å². The van der Waals surface area contributed by atoms with Gasteiger partial charge < -0.3 is 55.4 Å². The summed E-state index contributed by atoms with van der Waals surface area (Å²) >= 11 is 0. The summed E-state index contributed by atoms with van der Waals surface area (Å²) in [5.41, 5.74) is 7.41. The molecular formula is C24H37N9O9. The molecule has 1 aliphatic heterocycles. The number of aliphatic hydroxyl groups excluding tert-OH is 3. The third-order valence-electron chi connectivity index (χ3n) is 6.73. The molecule has 42 heavy (non-hydrogen) atoms. The Morgan fingerprint density at radius 2 is 2.00 bits per heavy atom. The molecule has 18 nitrogen and oxygen atoms in total. The van der Waals surface area contributed by atoms with Crippen molar-refractivity contribution in [3.05, 3.63) is 24.5 Å². The van der Waals surface area contributed by atoms with E-state index in [9.17, 15) is 30.3 Å². The summed E-state index contributed by atoms with van der Waals surface area (Å²) in [7, 11) is 0. The molecule has 18 heteroatoms. The standard InChI is InChI=1S/C24H37N9O9/c1-14(9-32-13-29-17-20(25)27-12-28-21(17)32)41-23(37)26-8-15-10-33(31-30-15)6-4-2-3-5-7-40-22-18(35)19(36)24(38,39)16(11-34)42-22/h10,12-14,16,18-19,22,34-36,38-39H,2-9,11H2,1H3,(H,26,37)(H2,25,27,28)/t14-,16?,18?,19-,22-/m1/s1. The van der Waals surface area contributed by atoms with Crippen LogP contribution in [0.5, 0.6) is 0 Å². The number of nitrogens with two attached hydrogens (primary N) is 1. The predicted molar refractivity (Wildman–Crippen MR) is 142 cm³/mol. The molecule has 0 saturated carbocycles. The quantitative estimate of drug-likeness (QED) is 0.0786. The van der Waals surface area contributed by atoms with E-state index >= 15 is 0 Å². The zero-order valence-corrected chi connectivity index (χ0v) is 23.1. The van der Waals surface area contributed by atoms with Crippen molar-refractivity contribution in [1.29, 1.82) is 0 Å². The van der Waals surface area contributed by atoms with E-state index in [-0.39, 0.29) is 19.0 Å². The summed E-state index contributed by atoms with van der Waals surface area (Å²) in [4.78, 5) is 24.5. The van der Waals surface area contributed by atoms with Gasteiger partial charge in [0.05, 0.1) is 32.2 Å². The molecule has 232 valence electrons. The van der Waals surface area contributed by atoms with Gasteiger partial charge in [-0.3, -0.25) is 4.68 Å². The fourth-order valence-electron chi connectivity index (χ4n) is 4.44. The minimum absolute atomic E-state index is 0.148. The fraction of sp³-hybridized carbons (Fsp3) is 0.667. The minimum Gasteiger partial charge on any atom is -0.445 e. The maximum atomic E-state index is 12.2. The lowest BCUT2D eigenvalue weighted by atomic mass is 9.95. The lowest BCUT2D eigenvalue weighted by Gasteiger charge is -2.44. The van der Waals surface area contributed by atoms with Crippen LogP contribution in [0.1, 0.15) is 38.3 Å². The smallest absolute Gasteiger partial charge is 0.407 e. The van der Waals surface area contributed by atoms with Gasteiger partial charge in [0.1, 0.15) is 42.0 Å². The van der Waals surface area contributed by atoms with Crippen molar-refractivity contribution in [3.8, 4) is 0 Å². The number of anilines is 1. The van der Waals surface area contributed by atoms with Crippen molar-refractivity contribution in [3.63, 3.8) is 0 Å². The molecule has 1 aliphatic rings. The number of carbonyl (C=O) groups excluding carboxylic acids is 1. The van der Waals surface area contributed by atoms with E-state index in [1.807, 2.05) is 0 Å². The van der Waals surface area contributed by atoms with Gasteiger partial charge in [-0.15, -0.1) is 5.10 Å². The molecule has 0 bridgehead atoms. The lowest BCUT2D eigenvalue weighted by Crippen LogP contribution is -2.67. The Balaban J connectivity index is 1.08. The minimum atomic E-state index is -2.78. The van der Waals surface area contributed by atoms with Gasteiger partial charge in [0.2, 0.25) is 5.79 Å². The van der Waals surface area contributed by atoms with E-state index in [2.05, 4.69) is 30.6 Å². The number of amides is 1. The molecule has 1 fully saturated rings. The van der Waals surface area contributed by atoms with Gasteiger partial charge in [-0.05, 0) is 19.8 Å². The van der Waals surface area contributed by atoms with Crippen LogP contribution in [-0.2, 0) is 33.8 Å². The Hall–Kier alpha value is -3.52. The number of fused-ring (bicyclic) bond motifs is 1. The predicted octanol–water partition coefficient (Wildman–Crippen LogP) is -1.99.